The van der Waals surface area contributed by atoms with Crippen LogP contribution in [-0.2, 0) is 15.1 Å². The van der Waals surface area contributed by atoms with E-state index in [1.54, 1.807) is 19.1 Å². The first-order valence-corrected chi connectivity index (χ1v) is 8.45. The number of hydrogen-bond acceptors (Lipinski definition) is 4. The van der Waals surface area contributed by atoms with Gasteiger partial charge in [-0.25, -0.2) is 14.0 Å². The van der Waals surface area contributed by atoms with Gasteiger partial charge in [0, 0.05) is 5.02 Å². The fourth-order valence-electron chi connectivity index (χ4n) is 2.83. The van der Waals surface area contributed by atoms with Gasteiger partial charge in [0.25, 0.3) is 5.91 Å². The molecule has 2 aromatic carbocycles. The maximum atomic E-state index is 13.1. The van der Waals surface area contributed by atoms with Crippen molar-refractivity contribution in [2.75, 3.05) is 6.54 Å². The highest BCUT2D eigenvalue weighted by Gasteiger charge is 2.49. The third-order valence-electron chi connectivity index (χ3n) is 4.34. The van der Waals surface area contributed by atoms with E-state index in [1.807, 2.05) is 0 Å². The Morgan fingerprint density at radius 1 is 1.22 bits per heavy atom. The number of rotatable bonds is 4. The lowest BCUT2D eigenvalue weighted by Gasteiger charge is -2.22. The molecule has 1 fully saturated rings. The van der Waals surface area contributed by atoms with E-state index in [-0.39, 0.29) is 5.75 Å². The zero-order chi connectivity index (χ0) is 19.8. The van der Waals surface area contributed by atoms with Crippen LogP contribution in [0.2, 0.25) is 5.02 Å². The van der Waals surface area contributed by atoms with Crippen LogP contribution in [0.25, 0.3) is 0 Å². The van der Waals surface area contributed by atoms with Crippen molar-refractivity contribution in [3.05, 3.63) is 64.4 Å². The molecule has 1 aliphatic heterocycles. The maximum absolute atomic E-state index is 13.1. The van der Waals surface area contributed by atoms with Gasteiger partial charge in [0.05, 0.1) is 0 Å². The Bertz CT molecular complexity index is 932. The molecule has 1 saturated heterocycles. The normalized spacial score (nSPS) is 19.2. The average molecular weight is 391 g/mol. The lowest BCUT2D eigenvalue weighted by molar-refractivity contribution is -0.141. The number of aryl methyl sites for hydroxylation is 1. The first-order chi connectivity index (χ1) is 12.7. The fraction of sp³-hybridized carbons (Fsp3) is 0.211. The average Bonchev–Trinajstić information content (AvgIpc) is 2.82. The highest BCUT2D eigenvalue weighted by atomic mass is 35.5. The predicted octanol–water partition coefficient (Wildman–Crippen LogP) is 3.16. The summed E-state index contributed by atoms with van der Waals surface area (Å²) in [7, 11) is 0. The molecule has 1 N–H and O–H groups in total. The molecule has 1 atom stereocenters. The van der Waals surface area contributed by atoms with Gasteiger partial charge in [0.15, 0.2) is 0 Å². The number of benzene rings is 2. The summed E-state index contributed by atoms with van der Waals surface area (Å²) in [6.45, 7) is 2.66. The van der Waals surface area contributed by atoms with E-state index >= 15 is 0 Å². The smallest absolute Gasteiger partial charge is 0.331 e. The molecular formula is C19H16ClFN2O4. The topological polar surface area (TPSA) is 75.7 Å². The van der Waals surface area contributed by atoms with Crippen LogP contribution >= 0.6 is 11.6 Å². The summed E-state index contributed by atoms with van der Waals surface area (Å²) in [6, 6.07) is 9.21. The van der Waals surface area contributed by atoms with Gasteiger partial charge < -0.3 is 10.1 Å². The number of imide groups is 1. The summed E-state index contributed by atoms with van der Waals surface area (Å²) >= 11 is 5.86. The maximum Gasteiger partial charge on any atom is 0.331 e. The van der Waals surface area contributed by atoms with Crippen LogP contribution in [0, 0.1) is 12.7 Å². The Kier molecular flexibility index (Phi) is 4.89. The van der Waals surface area contributed by atoms with Crippen molar-refractivity contribution in [3.8, 4) is 5.75 Å². The van der Waals surface area contributed by atoms with Crippen molar-refractivity contribution < 1.29 is 23.5 Å². The molecule has 0 aromatic heterocycles. The number of ether oxygens (including phenoxy) is 1. The van der Waals surface area contributed by atoms with Crippen LogP contribution in [-0.4, -0.2) is 29.4 Å². The number of esters is 1. The third-order valence-corrected chi connectivity index (χ3v) is 4.58. The van der Waals surface area contributed by atoms with E-state index in [9.17, 15) is 18.8 Å². The van der Waals surface area contributed by atoms with E-state index < -0.39 is 35.8 Å². The highest BCUT2D eigenvalue weighted by Crippen LogP contribution is 2.29. The lowest BCUT2D eigenvalue weighted by atomic mass is 9.92. The van der Waals surface area contributed by atoms with Crippen molar-refractivity contribution in [3.63, 3.8) is 0 Å². The summed E-state index contributed by atoms with van der Waals surface area (Å²) in [5, 5.41) is 3.04. The zero-order valence-electron chi connectivity index (χ0n) is 14.6. The number of amides is 3. The first kappa shape index (κ1) is 18.8. The summed E-state index contributed by atoms with van der Waals surface area (Å²) in [4.78, 5) is 38.0. The van der Waals surface area contributed by atoms with E-state index in [4.69, 9.17) is 16.3 Å². The van der Waals surface area contributed by atoms with Gasteiger partial charge in [-0.05, 0) is 55.3 Å². The first-order valence-electron chi connectivity index (χ1n) is 8.07. The molecule has 2 aromatic rings. The van der Waals surface area contributed by atoms with Crippen LogP contribution in [0.5, 0.6) is 5.75 Å². The summed E-state index contributed by atoms with van der Waals surface area (Å²) in [5.74, 6) is -1.56. The number of hydrogen-bond donors (Lipinski definition) is 1. The highest BCUT2D eigenvalue weighted by molar-refractivity contribution is 6.30. The largest absolute Gasteiger partial charge is 0.425 e. The van der Waals surface area contributed by atoms with E-state index in [1.165, 1.54) is 37.3 Å². The number of nitrogens with zero attached hydrogens (tertiary/aromatic N) is 1. The number of carbonyl (C=O) groups excluding carboxylic acids is 3. The van der Waals surface area contributed by atoms with Crippen LogP contribution in [0.4, 0.5) is 9.18 Å². The summed E-state index contributed by atoms with van der Waals surface area (Å²) in [6.07, 6.45) is 0. The number of halogens is 2. The van der Waals surface area contributed by atoms with Gasteiger partial charge in [0.1, 0.15) is 23.7 Å². The van der Waals surface area contributed by atoms with Gasteiger partial charge in [-0.3, -0.25) is 9.69 Å². The van der Waals surface area contributed by atoms with Crippen molar-refractivity contribution in [2.24, 2.45) is 0 Å². The quantitative estimate of drug-likeness (QED) is 0.494. The van der Waals surface area contributed by atoms with Crippen molar-refractivity contribution in [1.82, 2.24) is 10.2 Å². The van der Waals surface area contributed by atoms with Gasteiger partial charge in [0.2, 0.25) is 0 Å². The molecule has 1 unspecified atom stereocenters. The number of urea groups is 1. The Balaban J connectivity index is 1.75. The molecule has 140 valence electrons. The molecule has 6 nitrogen and oxygen atoms in total. The zero-order valence-corrected chi connectivity index (χ0v) is 15.3. The monoisotopic (exact) mass is 390 g/mol. The second-order valence-electron chi connectivity index (χ2n) is 6.34. The molecule has 1 heterocycles. The van der Waals surface area contributed by atoms with Gasteiger partial charge in [-0.15, -0.1) is 0 Å². The Morgan fingerprint density at radius 2 is 1.89 bits per heavy atom. The van der Waals surface area contributed by atoms with Crippen LogP contribution < -0.4 is 10.1 Å². The molecular weight excluding hydrogens is 375 g/mol. The number of carbonyl (C=O) groups is 3. The molecule has 3 rings (SSSR count). The summed E-state index contributed by atoms with van der Waals surface area (Å²) in [5.41, 5.74) is -0.336. The minimum absolute atomic E-state index is 0.290. The molecule has 0 bridgehead atoms. The molecule has 0 aliphatic carbocycles. The van der Waals surface area contributed by atoms with E-state index in [0.29, 0.717) is 16.1 Å². The van der Waals surface area contributed by atoms with E-state index in [2.05, 4.69) is 5.32 Å². The fourth-order valence-corrected chi connectivity index (χ4v) is 3.06. The van der Waals surface area contributed by atoms with Crippen molar-refractivity contribution in [2.45, 2.75) is 19.4 Å². The van der Waals surface area contributed by atoms with Crippen molar-refractivity contribution in [1.29, 1.82) is 0 Å². The molecule has 0 spiro atoms. The summed E-state index contributed by atoms with van der Waals surface area (Å²) < 4.78 is 18.4. The third kappa shape index (κ3) is 3.64. The molecule has 1 aliphatic rings. The van der Waals surface area contributed by atoms with E-state index in [0.717, 1.165) is 4.90 Å². The molecule has 27 heavy (non-hydrogen) atoms. The minimum Gasteiger partial charge on any atom is -0.425 e. The molecule has 0 saturated carbocycles. The van der Waals surface area contributed by atoms with Gasteiger partial charge in [-0.1, -0.05) is 23.7 Å². The molecule has 8 heteroatoms. The Hall–Kier alpha value is -2.93. The SMILES string of the molecule is Cc1cc(Cl)ccc1OC(=O)CN1C(=O)NC(C)(c2ccc(F)cc2)C1=O. The van der Waals surface area contributed by atoms with Gasteiger partial charge >= 0.3 is 12.0 Å². The predicted molar refractivity (Wildman–Crippen MR) is 95.8 cm³/mol. The Morgan fingerprint density at radius 3 is 2.52 bits per heavy atom. The second kappa shape index (κ2) is 7.00. The lowest BCUT2D eigenvalue weighted by Crippen LogP contribution is -2.42. The molecule has 3 amide bonds. The standard InChI is InChI=1S/C19H16ClFN2O4/c1-11-9-13(20)5-8-15(11)27-16(24)10-23-17(25)19(2,22-18(23)26)12-3-6-14(21)7-4-12/h3-9H,10H2,1-2H3,(H,22,26). The van der Waals surface area contributed by atoms with Crippen LogP contribution in [0.1, 0.15) is 18.1 Å². The van der Waals surface area contributed by atoms with Crippen LogP contribution in [0.15, 0.2) is 42.5 Å². The number of nitrogens with one attached hydrogen (secondary N) is 1. The molecule has 0 radical (unpaired) electrons. The van der Waals surface area contributed by atoms with Crippen LogP contribution in [0.3, 0.4) is 0 Å². The second-order valence-corrected chi connectivity index (χ2v) is 6.77. The van der Waals surface area contributed by atoms with Gasteiger partial charge in [-0.2, -0.15) is 0 Å². The van der Waals surface area contributed by atoms with Crippen molar-refractivity contribution >= 4 is 29.5 Å². The Labute approximate surface area is 159 Å². The minimum atomic E-state index is -1.39.